The van der Waals surface area contributed by atoms with Crippen LogP contribution in [0, 0.1) is 0 Å². The van der Waals surface area contributed by atoms with E-state index in [4.69, 9.17) is 4.98 Å². The van der Waals surface area contributed by atoms with Crippen molar-refractivity contribution in [3.63, 3.8) is 0 Å². The van der Waals surface area contributed by atoms with Gasteiger partial charge in [0.1, 0.15) is 5.01 Å². The third-order valence-corrected chi connectivity index (χ3v) is 5.87. The van der Waals surface area contributed by atoms with E-state index in [1.54, 1.807) is 23.1 Å². The lowest BCUT2D eigenvalue weighted by Crippen LogP contribution is -2.21. The third kappa shape index (κ3) is 3.35. The van der Waals surface area contributed by atoms with E-state index in [2.05, 4.69) is 67.6 Å². The Kier molecular flexibility index (Phi) is 4.81. The summed E-state index contributed by atoms with van der Waals surface area (Å²) in [5, 5.41) is 1.18. The molecular weight excluding hydrogens is 308 g/mol. The van der Waals surface area contributed by atoms with Crippen molar-refractivity contribution < 1.29 is 0 Å². The molecule has 0 radical (unpaired) electrons. The van der Waals surface area contributed by atoms with Gasteiger partial charge in [0.25, 0.3) is 0 Å². The number of rotatable bonds is 5. The van der Waals surface area contributed by atoms with Crippen LogP contribution in [0.5, 0.6) is 0 Å². The molecule has 0 fully saturated rings. The number of hydrogen-bond donors (Lipinski definition) is 0. The molecule has 1 aromatic heterocycles. The third-order valence-electron chi connectivity index (χ3n) is 3.92. The van der Waals surface area contributed by atoms with E-state index in [1.807, 2.05) is 6.07 Å². The van der Waals surface area contributed by atoms with Gasteiger partial charge in [-0.3, -0.25) is 4.90 Å². The zero-order valence-corrected chi connectivity index (χ0v) is 14.7. The van der Waals surface area contributed by atoms with Gasteiger partial charge in [-0.15, -0.1) is 23.1 Å². The van der Waals surface area contributed by atoms with Crippen LogP contribution in [0.1, 0.15) is 23.5 Å². The van der Waals surface area contributed by atoms with E-state index in [1.165, 1.54) is 20.2 Å². The molecule has 3 rings (SSSR count). The van der Waals surface area contributed by atoms with Gasteiger partial charge in [-0.25, -0.2) is 4.98 Å². The van der Waals surface area contributed by atoms with Crippen LogP contribution >= 0.6 is 23.1 Å². The van der Waals surface area contributed by atoms with Crippen LogP contribution in [-0.4, -0.2) is 23.2 Å². The monoisotopic (exact) mass is 328 g/mol. The van der Waals surface area contributed by atoms with Crippen LogP contribution < -0.4 is 0 Å². The normalized spacial score (nSPS) is 12.9. The van der Waals surface area contributed by atoms with E-state index in [9.17, 15) is 0 Å². The lowest BCUT2D eigenvalue weighted by Gasteiger charge is -2.23. The van der Waals surface area contributed by atoms with Gasteiger partial charge in [-0.2, -0.15) is 0 Å². The average Bonchev–Trinajstić information content (AvgIpc) is 2.98. The van der Waals surface area contributed by atoms with Gasteiger partial charge < -0.3 is 0 Å². The molecule has 22 heavy (non-hydrogen) atoms. The number of thioether (sulfide) groups is 1. The Balaban J connectivity index is 1.74. The predicted molar refractivity (Wildman–Crippen MR) is 97.7 cm³/mol. The highest BCUT2D eigenvalue weighted by atomic mass is 32.2. The van der Waals surface area contributed by atoms with E-state index < -0.39 is 0 Å². The van der Waals surface area contributed by atoms with Gasteiger partial charge in [0.2, 0.25) is 0 Å². The number of benzene rings is 2. The molecule has 0 unspecified atom stereocenters. The molecule has 0 aliphatic rings. The summed E-state index contributed by atoms with van der Waals surface area (Å²) in [6, 6.07) is 17.5. The van der Waals surface area contributed by atoms with Crippen LogP contribution in [-0.2, 0) is 6.54 Å². The first-order valence-electron chi connectivity index (χ1n) is 7.36. The van der Waals surface area contributed by atoms with Gasteiger partial charge in [0.05, 0.1) is 16.3 Å². The van der Waals surface area contributed by atoms with Crippen molar-refractivity contribution in [2.45, 2.75) is 24.4 Å². The van der Waals surface area contributed by atoms with E-state index in [-0.39, 0.29) is 0 Å². The standard InChI is InChI=1S/C18H20N2S2/c1-13(18-19-16-6-4-5-7-17(16)22-18)20(2)12-14-8-10-15(21-3)11-9-14/h4-11,13H,12H2,1-3H3/t13-/m1/s1. The van der Waals surface area contributed by atoms with Gasteiger partial charge in [0, 0.05) is 11.4 Å². The number of hydrogen-bond acceptors (Lipinski definition) is 4. The predicted octanol–water partition coefficient (Wildman–Crippen LogP) is 5.21. The highest BCUT2D eigenvalue weighted by molar-refractivity contribution is 7.98. The largest absolute Gasteiger partial charge is 0.293 e. The Morgan fingerprint density at radius 3 is 2.55 bits per heavy atom. The minimum Gasteiger partial charge on any atom is -0.293 e. The summed E-state index contributed by atoms with van der Waals surface area (Å²) in [6.07, 6.45) is 2.11. The van der Waals surface area contributed by atoms with E-state index >= 15 is 0 Å². The van der Waals surface area contributed by atoms with Crippen LogP contribution in [0.15, 0.2) is 53.4 Å². The van der Waals surface area contributed by atoms with Gasteiger partial charge >= 0.3 is 0 Å². The summed E-state index contributed by atoms with van der Waals surface area (Å²) >= 11 is 3.57. The highest BCUT2D eigenvalue weighted by Gasteiger charge is 2.16. The molecule has 0 amide bonds. The first-order chi connectivity index (χ1) is 10.7. The molecule has 1 atom stereocenters. The second kappa shape index (κ2) is 6.82. The zero-order valence-electron chi connectivity index (χ0n) is 13.1. The zero-order chi connectivity index (χ0) is 15.5. The smallest absolute Gasteiger partial charge is 0.111 e. The Labute approximate surface area is 140 Å². The fraction of sp³-hybridized carbons (Fsp3) is 0.278. The fourth-order valence-corrected chi connectivity index (χ4v) is 3.91. The number of fused-ring (bicyclic) bond motifs is 1. The first-order valence-corrected chi connectivity index (χ1v) is 9.40. The quantitative estimate of drug-likeness (QED) is 0.598. The molecule has 2 nitrogen and oxygen atoms in total. The van der Waals surface area contributed by atoms with E-state index in [0.717, 1.165) is 12.1 Å². The van der Waals surface area contributed by atoms with Crippen molar-refractivity contribution in [3.05, 3.63) is 59.1 Å². The van der Waals surface area contributed by atoms with Crippen molar-refractivity contribution in [1.29, 1.82) is 0 Å². The van der Waals surface area contributed by atoms with Crippen LogP contribution in [0.25, 0.3) is 10.2 Å². The average molecular weight is 329 g/mol. The summed E-state index contributed by atoms with van der Waals surface area (Å²) < 4.78 is 1.27. The molecule has 2 aromatic carbocycles. The number of thiazole rings is 1. The Morgan fingerprint density at radius 2 is 1.86 bits per heavy atom. The Bertz CT molecular complexity index is 716. The topological polar surface area (TPSA) is 16.1 Å². The van der Waals surface area contributed by atoms with E-state index in [0.29, 0.717) is 6.04 Å². The second-order valence-corrected chi connectivity index (χ2v) is 7.40. The number of para-hydroxylation sites is 1. The molecule has 0 spiro atoms. The van der Waals surface area contributed by atoms with Crippen LogP contribution in [0.3, 0.4) is 0 Å². The molecule has 0 saturated carbocycles. The fourth-order valence-electron chi connectivity index (χ4n) is 2.41. The molecular formula is C18H20N2S2. The maximum absolute atomic E-state index is 4.78. The maximum Gasteiger partial charge on any atom is 0.111 e. The molecule has 114 valence electrons. The molecule has 0 bridgehead atoms. The second-order valence-electron chi connectivity index (χ2n) is 5.46. The Hall–Kier alpha value is -1.36. The first kappa shape index (κ1) is 15.5. The SMILES string of the molecule is CSc1ccc(CN(C)[C@H](C)c2nc3ccccc3s2)cc1. The highest BCUT2D eigenvalue weighted by Crippen LogP contribution is 2.29. The molecule has 1 heterocycles. The van der Waals surface area contributed by atoms with Gasteiger partial charge in [-0.05, 0) is 50.1 Å². The Morgan fingerprint density at radius 1 is 1.14 bits per heavy atom. The van der Waals surface area contributed by atoms with Crippen LogP contribution in [0.4, 0.5) is 0 Å². The molecule has 0 N–H and O–H groups in total. The van der Waals surface area contributed by atoms with Crippen LogP contribution in [0.2, 0.25) is 0 Å². The number of nitrogens with zero attached hydrogens (tertiary/aromatic N) is 2. The maximum atomic E-state index is 4.78. The molecule has 0 aliphatic heterocycles. The summed E-state index contributed by atoms with van der Waals surface area (Å²) in [5.74, 6) is 0. The van der Waals surface area contributed by atoms with Gasteiger partial charge in [-0.1, -0.05) is 24.3 Å². The summed E-state index contributed by atoms with van der Waals surface area (Å²) in [5.41, 5.74) is 2.44. The van der Waals surface area contributed by atoms with Crippen molar-refractivity contribution in [1.82, 2.24) is 9.88 Å². The summed E-state index contributed by atoms with van der Waals surface area (Å²) in [4.78, 5) is 8.44. The van der Waals surface area contributed by atoms with Crippen molar-refractivity contribution in [2.24, 2.45) is 0 Å². The number of aromatic nitrogens is 1. The van der Waals surface area contributed by atoms with Gasteiger partial charge in [0.15, 0.2) is 0 Å². The molecule has 0 saturated heterocycles. The van der Waals surface area contributed by atoms with Crippen molar-refractivity contribution >= 4 is 33.3 Å². The molecule has 3 aromatic rings. The van der Waals surface area contributed by atoms with Crippen molar-refractivity contribution in [3.8, 4) is 0 Å². The molecule has 0 aliphatic carbocycles. The lowest BCUT2D eigenvalue weighted by molar-refractivity contribution is 0.253. The summed E-state index contributed by atoms with van der Waals surface area (Å²) in [6.45, 7) is 3.17. The minimum absolute atomic E-state index is 0.317. The lowest BCUT2D eigenvalue weighted by atomic mass is 10.2. The van der Waals surface area contributed by atoms with Crippen molar-refractivity contribution in [2.75, 3.05) is 13.3 Å². The molecule has 4 heteroatoms. The summed E-state index contributed by atoms with van der Waals surface area (Å²) in [7, 11) is 2.17. The minimum atomic E-state index is 0.317.